The molecule has 0 saturated heterocycles. The van der Waals surface area contributed by atoms with Crippen molar-refractivity contribution in [3.05, 3.63) is 36.5 Å². The molecule has 3 aromatic rings. The van der Waals surface area contributed by atoms with Crippen LogP contribution in [0.2, 0.25) is 0 Å². The Morgan fingerprint density at radius 2 is 2.11 bits per heavy atom. The van der Waals surface area contributed by atoms with E-state index in [1.165, 1.54) is 0 Å². The van der Waals surface area contributed by atoms with Crippen LogP contribution in [0.5, 0.6) is 5.75 Å². The molecular weight excluding hydrogens is 228 g/mol. The number of hydrogen-bond donors (Lipinski definition) is 2. The van der Waals surface area contributed by atoms with E-state index in [9.17, 15) is 0 Å². The van der Waals surface area contributed by atoms with Crippen molar-refractivity contribution in [2.45, 2.75) is 0 Å². The number of fused-ring (bicyclic) bond motifs is 1. The number of nitrogens with two attached hydrogens (primary N) is 1. The Bertz CT molecular complexity index is 672. The number of anilines is 1. The molecule has 18 heavy (non-hydrogen) atoms. The number of rotatable bonds is 2. The Morgan fingerprint density at radius 1 is 1.22 bits per heavy atom. The Hall–Kier alpha value is -2.56. The summed E-state index contributed by atoms with van der Waals surface area (Å²) in [7, 11) is 1.60. The van der Waals surface area contributed by atoms with E-state index >= 15 is 0 Å². The molecule has 0 atom stereocenters. The maximum Gasteiger partial charge on any atom is 0.160 e. The van der Waals surface area contributed by atoms with Crippen LogP contribution in [-0.2, 0) is 0 Å². The van der Waals surface area contributed by atoms with Gasteiger partial charge in [-0.1, -0.05) is 0 Å². The van der Waals surface area contributed by atoms with Crippen LogP contribution in [0.4, 0.5) is 5.69 Å². The van der Waals surface area contributed by atoms with Crippen molar-refractivity contribution in [1.29, 1.82) is 0 Å². The lowest BCUT2D eigenvalue weighted by molar-refractivity contribution is 0.417. The summed E-state index contributed by atoms with van der Waals surface area (Å²) >= 11 is 0. The van der Waals surface area contributed by atoms with Crippen LogP contribution in [-0.4, -0.2) is 22.3 Å². The fourth-order valence-corrected chi connectivity index (χ4v) is 1.93. The monoisotopic (exact) mass is 240 g/mol. The number of hydrogen-bond acceptors (Lipinski definition) is 4. The third kappa shape index (κ3) is 1.66. The molecule has 0 aliphatic rings. The van der Waals surface area contributed by atoms with Crippen molar-refractivity contribution in [1.82, 2.24) is 15.2 Å². The number of benzene rings is 1. The highest BCUT2D eigenvalue weighted by Gasteiger charge is 2.06. The molecule has 0 spiro atoms. The number of nitrogen functional groups attached to an aromatic ring is 1. The van der Waals surface area contributed by atoms with Gasteiger partial charge >= 0.3 is 0 Å². The lowest BCUT2D eigenvalue weighted by Gasteiger charge is -2.05. The quantitative estimate of drug-likeness (QED) is 0.673. The first-order valence-electron chi connectivity index (χ1n) is 5.52. The predicted octanol–water partition coefficient (Wildman–Crippen LogP) is 2.22. The van der Waals surface area contributed by atoms with Gasteiger partial charge in [0.1, 0.15) is 5.75 Å². The molecule has 3 rings (SSSR count). The highest BCUT2D eigenvalue weighted by molar-refractivity contribution is 5.83. The molecule has 2 heterocycles. The van der Waals surface area contributed by atoms with E-state index < -0.39 is 0 Å². The lowest BCUT2D eigenvalue weighted by atomic mass is 10.1. The average Bonchev–Trinajstić information content (AvgIpc) is 2.82. The van der Waals surface area contributed by atoms with Gasteiger partial charge in [0.25, 0.3) is 0 Å². The first-order valence-corrected chi connectivity index (χ1v) is 5.52. The van der Waals surface area contributed by atoms with Crippen LogP contribution < -0.4 is 10.5 Å². The van der Waals surface area contributed by atoms with Gasteiger partial charge in [0, 0.05) is 16.6 Å². The second-order valence-electron chi connectivity index (χ2n) is 3.97. The normalized spacial score (nSPS) is 10.7. The molecule has 5 nitrogen and oxygen atoms in total. The summed E-state index contributed by atoms with van der Waals surface area (Å²) in [6.07, 6.45) is 1.67. The van der Waals surface area contributed by atoms with E-state index in [2.05, 4.69) is 15.2 Å². The molecule has 0 bridgehead atoms. The fraction of sp³-hybridized carbons (Fsp3) is 0.0769. The SMILES string of the molecule is COc1ccc(-c2cc3ccnnc3[nH]2)cc1N. The van der Waals surface area contributed by atoms with Crippen molar-refractivity contribution in [2.24, 2.45) is 0 Å². The molecule has 0 radical (unpaired) electrons. The van der Waals surface area contributed by atoms with E-state index in [1.54, 1.807) is 13.3 Å². The molecule has 90 valence electrons. The summed E-state index contributed by atoms with van der Waals surface area (Å²) in [6.45, 7) is 0. The summed E-state index contributed by atoms with van der Waals surface area (Å²) in [5.41, 5.74) is 9.22. The molecule has 2 aromatic heterocycles. The van der Waals surface area contributed by atoms with Gasteiger partial charge in [0.05, 0.1) is 19.0 Å². The Balaban J connectivity index is 2.11. The summed E-state index contributed by atoms with van der Waals surface area (Å²) in [5, 5.41) is 8.88. The van der Waals surface area contributed by atoms with E-state index in [0.717, 1.165) is 22.3 Å². The third-order valence-corrected chi connectivity index (χ3v) is 2.85. The summed E-state index contributed by atoms with van der Waals surface area (Å²) in [6, 6.07) is 9.60. The number of ether oxygens (including phenoxy) is 1. The van der Waals surface area contributed by atoms with Gasteiger partial charge in [0.2, 0.25) is 0 Å². The molecule has 5 heteroatoms. The minimum atomic E-state index is 0.611. The number of H-pyrrole nitrogens is 1. The zero-order chi connectivity index (χ0) is 12.5. The van der Waals surface area contributed by atoms with Crippen LogP contribution in [0.15, 0.2) is 36.5 Å². The molecule has 3 N–H and O–H groups in total. The molecule has 0 aliphatic carbocycles. The highest BCUT2D eigenvalue weighted by Crippen LogP contribution is 2.29. The molecule has 0 fully saturated rings. The number of methoxy groups -OCH3 is 1. The first kappa shape index (κ1) is 10.6. The standard InChI is InChI=1S/C13H12N4O/c1-18-12-3-2-8(6-10(12)14)11-7-9-4-5-15-17-13(9)16-11/h2-7H,14H2,1H3,(H,16,17). The molecule has 0 saturated carbocycles. The van der Waals surface area contributed by atoms with Crippen LogP contribution in [0.3, 0.4) is 0 Å². The van der Waals surface area contributed by atoms with E-state index in [1.807, 2.05) is 30.3 Å². The number of nitrogens with zero attached hydrogens (tertiary/aromatic N) is 2. The third-order valence-electron chi connectivity index (χ3n) is 2.85. The Morgan fingerprint density at radius 3 is 2.83 bits per heavy atom. The average molecular weight is 240 g/mol. The molecular formula is C13H12N4O. The Labute approximate surface area is 104 Å². The molecule has 0 aliphatic heterocycles. The van der Waals surface area contributed by atoms with Gasteiger partial charge in [-0.05, 0) is 30.3 Å². The van der Waals surface area contributed by atoms with Gasteiger partial charge in [0.15, 0.2) is 5.65 Å². The number of aromatic nitrogens is 3. The van der Waals surface area contributed by atoms with E-state index in [-0.39, 0.29) is 0 Å². The van der Waals surface area contributed by atoms with Crippen LogP contribution in [0.25, 0.3) is 22.3 Å². The van der Waals surface area contributed by atoms with Crippen molar-refractivity contribution < 1.29 is 4.74 Å². The summed E-state index contributed by atoms with van der Waals surface area (Å²) < 4.78 is 5.14. The maximum atomic E-state index is 5.90. The van der Waals surface area contributed by atoms with Crippen LogP contribution in [0, 0.1) is 0 Å². The van der Waals surface area contributed by atoms with Crippen molar-refractivity contribution >= 4 is 16.7 Å². The molecule has 0 unspecified atom stereocenters. The van der Waals surface area contributed by atoms with Crippen molar-refractivity contribution in [2.75, 3.05) is 12.8 Å². The first-order chi connectivity index (χ1) is 8.78. The fourth-order valence-electron chi connectivity index (χ4n) is 1.93. The number of aromatic amines is 1. The van der Waals surface area contributed by atoms with E-state index in [4.69, 9.17) is 10.5 Å². The summed E-state index contributed by atoms with van der Waals surface area (Å²) in [5.74, 6) is 0.676. The van der Waals surface area contributed by atoms with Crippen molar-refractivity contribution in [3.8, 4) is 17.0 Å². The minimum Gasteiger partial charge on any atom is -0.495 e. The van der Waals surface area contributed by atoms with E-state index in [0.29, 0.717) is 11.4 Å². The zero-order valence-electron chi connectivity index (χ0n) is 9.84. The zero-order valence-corrected chi connectivity index (χ0v) is 9.84. The summed E-state index contributed by atoms with van der Waals surface area (Å²) in [4.78, 5) is 3.21. The second kappa shape index (κ2) is 4.03. The van der Waals surface area contributed by atoms with Gasteiger partial charge in [-0.2, -0.15) is 5.10 Å². The second-order valence-corrected chi connectivity index (χ2v) is 3.97. The topological polar surface area (TPSA) is 76.8 Å². The van der Waals surface area contributed by atoms with Gasteiger partial charge < -0.3 is 15.5 Å². The van der Waals surface area contributed by atoms with Gasteiger partial charge in [-0.15, -0.1) is 5.10 Å². The minimum absolute atomic E-state index is 0.611. The van der Waals surface area contributed by atoms with Gasteiger partial charge in [-0.25, -0.2) is 0 Å². The molecule has 0 amide bonds. The van der Waals surface area contributed by atoms with Gasteiger partial charge in [-0.3, -0.25) is 0 Å². The number of nitrogens with one attached hydrogen (secondary N) is 1. The smallest absolute Gasteiger partial charge is 0.160 e. The lowest BCUT2D eigenvalue weighted by Crippen LogP contribution is -1.92. The Kier molecular flexibility index (Phi) is 2.37. The highest BCUT2D eigenvalue weighted by atomic mass is 16.5. The van der Waals surface area contributed by atoms with Crippen LogP contribution in [0.1, 0.15) is 0 Å². The van der Waals surface area contributed by atoms with Crippen molar-refractivity contribution in [3.63, 3.8) is 0 Å². The van der Waals surface area contributed by atoms with Crippen LogP contribution >= 0.6 is 0 Å². The predicted molar refractivity (Wildman–Crippen MR) is 70.3 cm³/mol. The maximum absolute atomic E-state index is 5.90. The molecule has 1 aromatic carbocycles. The largest absolute Gasteiger partial charge is 0.495 e.